The summed E-state index contributed by atoms with van der Waals surface area (Å²) < 4.78 is 4.95. The summed E-state index contributed by atoms with van der Waals surface area (Å²) in [6, 6.07) is -1.18. The first-order chi connectivity index (χ1) is 10.2. The lowest BCUT2D eigenvalue weighted by Crippen LogP contribution is -2.46. The van der Waals surface area contributed by atoms with Crippen LogP contribution in [0.3, 0.4) is 0 Å². The molecule has 124 valence electrons. The zero-order valence-electron chi connectivity index (χ0n) is 12.2. The molecule has 0 aromatic carbocycles. The molecule has 1 unspecified atom stereocenters. The summed E-state index contributed by atoms with van der Waals surface area (Å²) in [5.74, 6) is -2.54. The van der Waals surface area contributed by atoms with Gasteiger partial charge in [-0.3, -0.25) is 9.59 Å². The number of Topliss-reactive ketones (excluding diaryl/α,β-unsaturated/α-hetero) is 1. The number of carbonyl (C=O) groups excluding carboxylic acids is 2. The summed E-state index contributed by atoms with van der Waals surface area (Å²) in [5, 5.41) is 31.0. The predicted molar refractivity (Wildman–Crippen MR) is 73.3 cm³/mol. The maximum absolute atomic E-state index is 11.9. The van der Waals surface area contributed by atoms with E-state index in [1.54, 1.807) is 0 Å². The zero-order chi connectivity index (χ0) is 16.9. The van der Waals surface area contributed by atoms with Gasteiger partial charge in [0.1, 0.15) is 11.6 Å². The molecule has 0 bridgehead atoms. The summed E-state index contributed by atoms with van der Waals surface area (Å²) in [4.78, 5) is 33.9. The maximum Gasteiger partial charge on any atom is 0.326 e. The second-order valence-electron chi connectivity index (χ2n) is 5.21. The van der Waals surface area contributed by atoms with Crippen molar-refractivity contribution in [2.24, 2.45) is 5.73 Å². The number of hydrogen-bond acceptors (Lipinski definition) is 7. The Hall–Kier alpha value is -2.13. The third kappa shape index (κ3) is 4.43. The Morgan fingerprint density at radius 3 is 2.55 bits per heavy atom. The minimum Gasteiger partial charge on any atom is -0.491 e. The smallest absolute Gasteiger partial charge is 0.326 e. The van der Waals surface area contributed by atoms with Crippen molar-refractivity contribution >= 4 is 17.7 Å². The average molecular weight is 316 g/mol. The van der Waals surface area contributed by atoms with Gasteiger partial charge in [-0.15, -0.1) is 0 Å². The minimum atomic E-state index is -1.67. The second kappa shape index (κ2) is 7.23. The highest BCUT2D eigenvalue weighted by molar-refractivity contribution is 5.96. The number of carboxylic acids is 1. The van der Waals surface area contributed by atoms with Gasteiger partial charge in [0.25, 0.3) is 0 Å². The fourth-order valence-corrected chi connectivity index (χ4v) is 2.24. The van der Waals surface area contributed by atoms with E-state index in [1.165, 1.54) is 7.11 Å². The molecule has 1 aliphatic carbocycles. The first-order valence-electron chi connectivity index (χ1n) is 6.63. The molecule has 6 N–H and O–H groups in total. The Bertz CT molecular complexity index is 503. The van der Waals surface area contributed by atoms with E-state index in [4.69, 9.17) is 15.6 Å². The second-order valence-corrected chi connectivity index (χ2v) is 5.21. The van der Waals surface area contributed by atoms with Gasteiger partial charge in [0.15, 0.2) is 5.76 Å². The maximum atomic E-state index is 11.9. The topological polar surface area (TPSA) is 159 Å². The van der Waals surface area contributed by atoms with Crippen LogP contribution in [0.25, 0.3) is 0 Å². The summed E-state index contributed by atoms with van der Waals surface area (Å²) >= 11 is 0. The number of ether oxygens (including phenoxy) is 1. The number of aliphatic hydroxyl groups excluding tert-OH is 1. The van der Waals surface area contributed by atoms with Crippen molar-refractivity contribution in [2.75, 3.05) is 13.7 Å². The number of nitrogens with two attached hydrogens (primary N) is 1. The molecule has 0 radical (unpaired) electrons. The third-order valence-electron chi connectivity index (χ3n) is 3.35. The Morgan fingerprint density at radius 2 is 2.09 bits per heavy atom. The van der Waals surface area contributed by atoms with Crippen molar-refractivity contribution in [1.29, 1.82) is 0 Å². The van der Waals surface area contributed by atoms with Crippen molar-refractivity contribution in [3.05, 3.63) is 11.5 Å². The molecule has 0 spiro atoms. The van der Waals surface area contributed by atoms with E-state index < -0.39 is 35.9 Å². The van der Waals surface area contributed by atoms with Crippen LogP contribution in [0.4, 0.5) is 0 Å². The molecule has 0 heterocycles. The molecule has 22 heavy (non-hydrogen) atoms. The van der Waals surface area contributed by atoms with E-state index in [0.29, 0.717) is 0 Å². The van der Waals surface area contributed by atoms with E-state index in [0.717, 1.165) is 0 Å². The number of carboxylic acid groups (broad SMARTS) is 1. The first-order valence-corrected chi connectivity index (χ1v) is 6.63. The van der Waals surface area contributed by atoms with Gasteiger partial charge in [-0.25, -0.2) is 4.79 Å². The average Bonchev–Trinajstić information content (AvgIpc) is 2.42. The third-order valence-corrected chi connectivity index (χ3v) is 3.35. The molecule has 0 aromatic heterocycles. The van der Waals surface area contributed by atoms with Crippen LogP contribution in [-0.4, -0.2) is 58.3 Å². The molecule has 2 atom stereocenters. The van der Waals surface area contributed by atoms with Gasteiger partial charge in [-0.2, -0.15) is 0 Å². The molecular formula is C13H20N2O7. The van der Waals surface area contributed by atoms with Crippen LogP contribution >= 0.6 is 0 Å². The highest BCUT2D eigenvalue weighted by Gasteiger charge is 2.39. The van der Waals surface area contributed by atoms with Gasteiger partial charge in [0.05, 0.1) is 19.4 Å². The number of rotatable bonds is 8. The lowest BCUT2D eigenvalue weighted by molar-refractivity contribution is -0.140. The quantitative estimate of drug-likeness (QED) is 0.352. The molecule has 0 saturated carbocycles. The highest BCUT2D eigenvalue weighted by Crippen LogP contribution is 2.29. The summed E-state index contributed by atoms with van der Waals surface area (Å²) in [5.41, 5.74) is 3.39. The number of amides is 1. The van der Waals surface area contributed by atoms with Gasteiger partial charge in [-0.1, -0.05) is 0 Å². The number of aliphatic carboxylic acids is 1. The standard InChI is InChI=1S/C13H20N2O7/c1-22-11-8(4-13(21,6-16)5-9(11)17)15-7(12(19)20)2-3-10(14)18/h7,15-16,21H,2-6H2,1H3,(H2,14,18)(H,19,20)/t7-,13?/m0/s1. The number of allylic oxidation sites excluding steroid dienone is 1. The molecule has 9 nitrogen and oxygen atoms in total. The molecule has 1 rings (SSSR count). The number of ketones is 1. The van der Waals surface area contributed by atoms with Crippen LogP contribution in [0.2, 0.25) is 0 Å². The van der Waals surface area contributed by atoms with Crippen LogP contribution in [0.15, 0.2) is 11.5 Å². The SMILES string of the molecule is COC1=C(N[C@@H](CCC(N)=O)C(=O)O)CC(O)(CO)CC1=O. The fraction of sp³-hybridized carbons (Fsp3) is 0.615. The van der Waals surface area contributed by atoms with Crippen LogP contribution < -0.4 is 11.1 Å². The van der Waals surface area contributed by atoms with Crippen LogP contribution in [-0.2, 0) is 19.1 Å². The molecule has 0 aliphatic heterocycles. The molecular weight excluding hydrogens is 296 g/mol. The monoisotopic (exact) mass is 316 g/mol. The van der Waals surface area contributed by atoms with E-state index in [2.05, 4.69) is 5.32 Å². The van der Waals surface area contributed by atoms with E-state index in [1.807, 2.05) is 0 Å². The molecule has 0 fully saturated rings. The Labute approximate surface area is 126 Å². The molecule has 0 saturated heterocycles. The first kappa shape index (κ1) is 17.9. The Morgan fingerprint density at radius 1 is 1.45 bits per heavy atom. The van der Waals surface area contributed by atoms with Crippen molar-refractivity contribution in [1.82, 2.24) is 5.32 Å². The normalized spacial score (nSPS) is 23.1. The van der Waals surface area contributed by atoms with E-state index in [-0.39, 0.29) is 37.1 Å². The van der Waals surface area contributed by atoms with Crippen LogP contribution in [0.1, 0.15) is 25.7 Å². The van der Waals surface area contributed by atoms with Crippen molar-refractivity contribution < 1.29 is 34.4 Å². The number of hydrogen-bond donors (Lipinski definition) is 5. The van der Waals surface area contributed by atoms with Gasteiger partial charge in [0.2, 0.25) is 11.7 Å². The van der Waals surface area contributed by atoms with Crippen LogP contribution in [0.5, 0.6) is 0 Å². The number of methoxy groups -OCH3 is 1. The lowest BCUT2D eigenvalue weighted by Gasteiger charge is -2.33. The molecule has 1 aliphatic rings. The predicted octanol–water partition coefficient (Wildman–Crippen LogP) is -1.76. The Balaban J connectivity index is 2.99. The number of nitrogens with one attached hydrogen (secondary N) is 1. The molecule has 0 aromatic rings. The van der Waals surface area contributed by atoms with Crippen molar-refractivity contribution in [3.63, 3.8) is 0 Å². The van der Waals surface area contributed by atoms with E-state index >= 15 is 0 Å². The number of aliphatic hydroxyl groups is 2. The van der Waals surface area contributed by atoms with Gasteiger partial charge < -0.3 is 31.1 Å². The summed E-state index contributed by atoms with van der Waals surface area (Å²) in [6.45, 7) is -0.653. The largest absolute Gasteiger partial charge is 0.491 e. The number of carbonyl (C=O) groups is 3. The summed E-state index contributed by atoms with van der Waals surface area (Å²) in [6.07, 6.45) is -0.732. The fourth-order valence-electron chi connectivity index (χ4n) is 2.24. The van der Waals surface area contributed by atoms with E-state index in [9.17, 15) is 24.6 Å². The number of primary amides is 1. The van der Waals surface area contributed by atoms with Crippen LogP contribution in [0, 0.1) is 0 Å². The minimum absolute atomic E-state index is 0.0761. The van der Waals surface area contributed by atoms with Gasteiger partial charge >= 0.3 is 5.97 Å². The summed E-state index contributed by atoms with van der Waals surface area (Å²) in [7, 11) is 1.25. The highest BCUT2D eigenvalue weighted by atomic mass is 16.5. The van der Waals surface area contributed by atoms with Gasteiger partial charge in [0, 0.05) is 19.3 Å². The molecule has 1 amide bonds. The van der Waals surface area contributed by atoms with Crippen molar-refractivity contribution in [3.8, 4) is 0 Å². The zero-order valence-corrected chi connectivity index (χ0v) is 12.2. The lowest BCUT2D eigenvalue weighted by atomic mass is 9.85. The Kier molecular flexibility index (Phi) is 5.89. The van der Waals surface area contributed by atoms with Crippen molar-refractivity contribution in [2.45, 2.75) is 37.3 Å². The van der Waals surface area contributed by atoms with Gasteiger partial charge in [-0.05, 0) is 6.42 Å². The molecule has 9 heteroatoms.